The van der Waals surface area contributed by atoms with Crippen molar-refractivity contribution in [3.63, 3.8) is 0 Å². The Labute approximate surface area is 144 Å². The summed E-state index contributed by atoms with van der Waals surface area (Å²) in [6.07, 6.45) is 2.79. The zero-order valence-electron chi connectivity index (χ0n) is 11.6. The second-order valence-corrected chi connectivity index (χ2v) is 7.20. The number of methoxy groups -OCH3 is 1. The molecule has 0 unspecified atom stereocenters. The van der Waals surface area contributed by atoms with Crippen molar-refractivity contribution in [3.8, 4) is 0 Å². The molecule has 2 rings (SSSR count). The molecule has 0 amide bonds. The van der Waals surface area contributed by atoms with Crippen LogP contribution in [-0.4, -0.2) is 18.1 Å². The minimum Gasteiger partial charge on any atom is -0.465 e. The Morgan fingerprint density at radius 3 is 2.81 bits per heavy atom. The van der Waals surface area contributed by atoms with E-state index in [1.807, 2.05) is 12.3 Å². The van der Waals surface area contributed by atoms with E-state index in [-0.39, 0.29) is 5.97 Å². The van der Waals surface area contributed by atoms with E-state index in [0.29, 0.717) is 12.1 Å². The van der Waals surface area contributed by atoms with Gasteiger partial charge in [0.25, 0.3) is 0 Å². The summed E-state index contributed by atoms with van der Waals surface area (Å²) in [6, 6.07) is 3.63. The summed E-state index contributed by atoms with van der Waals surface area (Å²) < 4.78 is 6.44. The summed E-state index contributed by atoms with van der Waals surface area (Å²) in [7, 11) is 1.37. The minimum absolute atomic E-state index is 0.377. The molecular formula is C14H14Br2N2O2S. The number of benzene rings is 1. The number of hydrogen-bond donors (Lipinski definition) is 1. The number of ether oxygens (including phenoxy) is 1. The van der Waals surface area contributed by atoms with Crippen molar-refractivity contribution in [2.24, 2.45) is 0 Å². The van der Waals surface area contributed by atoms with Gasteiger partial charge in [0.2, 0.25) is 0 Å². The van der Waals surface area contributed by atoms with Crippen LogP contribution in [0.2, 0.25) is 0 Å². The first-order valence-electron chi connectivity index (χ1n) is 6.30. The van der Waals surface area contributed by atoms with Gasteiger partial charge < -0.3 is 10.1 Å². The molecule has 0 aliphatic rings. The summed E-state index contributed by atoms with van der Waals surface area (Å²) >= 11 is 8.52. The lowest BCUT2D eigenvalue weighted by molar-refractivity contribution is 0.0601. The van der Waals surface area contributed by atoms with Crippen LogP contribution < -0.4 is 5.32 Å². The average molecular weight is 434 g/mol. The third kappa shape index (κ3) is 4.05. The predicted octanol–water partition coefficient (Wildman–Crippen LogP) is 4.63. The van der Waals surface area contributed by atoms with Crippen LogP contribution in [0.15, 0.2) is 27.3 Å². The zero-order valence-corrected chi connectivity index (χ0v) is 15.6. The number of aromatic nitrogens is 1. The van der Waals surface area contributed by atoms with E-state index in [1.165, 1.54) is 7.11 Å². The molecule has 0 saturated heterocycles. The summed E-state index contributed by atoms with van der Waals surface area (Å²) in [5, 5.41) is 4.39. The van der Waals surface area contributed by atoms with Gasteiger partial charge in [0, 0.05) is 20.0 Å². The largest absolute Gasteiger partial charge is 0.465 e. The molecule has 0 bridgehead atoms. The number of carbonyl (C=O) groups excluding carboxylic acids is 1. The molecule has 0 spiro atoms. The van der Waals surface area contributed by atoms with Crippen molar-refractivity contribution in [3.05, 3.63) is 42.7 Å². The number of anilines is 1. The SMILES string of the molecule is CCc1ncc(CNc2c(Br)cc(Br)cc2C(=O)OC)s1. The van der Waals surface area contributed by atoms with Crippen LogP contribution >= 0.6 is 43.2 Å². The van der Waals surface area contributed by atoms with Gasteiger partial charge in [-0.05, 0) is 34.5 Å². The Hall–Kier alpha value is -0.920. The normalized spacial score (nSPS) is 10.5. The van der Waals surface area contributed by atoms with E-state index >= 15 is 0 Å². The van der Waals surface area contributed by atoms with E-state index in [0.717, 1.165) is 30.9 Å². The fourth-order valence-corrected chi connectivity index (χ4v) is 3.96. The maximum Gasteiger partial charge on any atom is 0.340 e. The molecule has 21 heavy (non-hydrogen) atoms. The second-order valence-electron chi connectivity index (χ2n) is 4.23. The lowest BCUT2D eigenvalue weighted by Crippen LogP contribution is -2.08. The molecule has 0 aliphatic heterocycles. The van der Waals surface area contributed by atoms with Crippen molar-refractivity contribution >= 4 is 54.9 Å². The Bertz CT molecular complexity index is 658. The number of nitrogens with one attached hydrogen (secondary N) is 1. The van der Waals surface area contributed by atoms with E-state index in [9.17, 15) is 4.79 Å². The monoisotopic (exact) mass is 432 g/mol. The molecular weight excluding hydrogens is 420 g/mol. The summed E-state index contributed by atoms with van der Waals surface area (Å²) in [5.41, 5.74) is 1.20. The van der Waals surface area contributed by atoms with Crippen molar-refractivity contribution in [2.75, 3.05) is 12.4 Å². The molecule has 0 fully saturated rings. The molecule has 1 aromatic carbocycles. The number of esters is 1. The number of halogens is 2. The highest BCUT2D eigenvalue weighted by Crippen LogP contribution is 2.32. The number of carbonyl (C=O) groups is 1. The van der Waals surface area contributed by atoms with Gasteiger partial charge in [0.15, 0.2) is 0 Å². The van der Waals surface area contributed by atoms with Crippen molar-refractivity contribution in [1.82, 2.24) is 4.98 Å². The first-order chi connectivity index (χ1) is 10.0. The van der Waals surface area contributed by atoms with Crippen LogP contribution in [0.5, 0.6) is 0 Å². The second kappa shape index (κ2) is 7.38. The first-order valence-corrected chi connectivity index (χ1v) is 8.70. The molecule has 112 valence electrons. The maximum absolute atomic E-state index is 11.9. The standard InChI is InChI=1S/C14H14Br2N2O2S/c1-3-12-17-6-9(21-12)7-18-13-10(14(19)20-2)4-8(15)5-11(13)16/h4-6,18H,3,7H2,1-2H3. The molecule has 7 heteroatoms. The van der Waals surface area contributed by atoms with Crippen molar-refractivity contribution < 1.29 is 9.53 Å². The zero-order chi connectivity index (χ0) is 15.4. The van der Waals surface area contributed by atoms with Crippen molar-refractivity contribution in [1.29, 1.82) is 0 Å². The Balaban J connectivity index is 2.24. The average Bonchev–Trinajstić information content (AvgIpc) is 2.92. The lowest BCUT2D eigenvalue weighted by atomic mass is 10.2. The number of nitrogens with zero attached hydrogens (tertiary/aromatic N) is 1. The van der Waals surface area contributed by atoms with Gasteiger partial charge >= 0.3 is 5.97 Å². The van der Waals surface area contributed by atoms with Crippen LogP contribution in [0.25, 0.3) is 0 Å². The summed E-state index contributed by atoms with van der Waals surface area (Å²) in [4.78, 5) is 17.3. The number of hydrogen-bond acceptors (Lipinski definition) is 5. The van der Waals surface area contributed by atoms with Gasteiger partial charge in [-0.25, -0.2) is 9.78 Å². The highest BCUT2D eigenvalue weighted by molar-refractivity contribution is 9.11. The van der Waals surface area contributed by atoms with E-state index < -0.39 is 0 Å². The van der Waals surface area contributed by atoms with Crippen LogP contribution in [0, 0.1) is 0 Å². The van der Waals surface area contributed by atoms with Gasteiger partial charge in [-0.3, -0.25) is 0 Å². The first kappa shape index (κ1) is 16.5. The molecule has 0 atom stereocenters. The third-order valence-electron chi connectivity index (χ3n) is 2.80. The van der Waals surface area contributed by atoms with Gasteiger partial charge in [0.1, 0.15) is 0 Å². The van der Waals surface area contributed by atoms with Crippen LogP contribution in [-0.2, 0) is 17.7 Å². The fraction of sp³-hybridized carbons (Fsp3) is 0.286. The number of aryl methyl sites for hydroxylation is 1. The molecule has 2 aromatic rings. The van der Waals surface area contributed by atoms with E-state index in [1.54, 1.807) is 17.4 Å². The van der Waals surface area contributed by atoms with E-state index in [2.05, 4.69) is 49.1 Å². The minimum atomic E-state index is -0.377. The fourth-order valence-electron chi connectivity index (χ4n) is 1.79. The Morgan fingerprint density at radius 2 is 2.19 bits per heavy atom. The smallest absolute Gasteiger partial charge is 0.340 e. The van der Waals surface area contributed by atoms with Crippen molar-refractivity contribution in [2.45, 2.75) is 19.9 Å². The third-order valence-corrected chi connectivity index (χ3v) is 5.03. The molecule has 0 aliphatic carbocycles. The van der Waals surface area contributed by atoms with Crippen LogP contribution in [0.4, 0.5) is 5.69 Å². The summed E-state index contributed by atoms with van der Waals surface area (Å²) in [5.74, 6) is -0.377. The molecule has 1 aromatic heterocycles. The Morgan fingerprint density at radius 1 is 1.43 bits per heavy atom. The quantitative estimate of drug-likeness (QED) is 0.698. The highest BCUT2D eigenvalue weighted by Gasteiger charge is 2.16. The number of thiazole rings is 1. The molecule has 4 nitrogen and oxygen atoms in total. The Kier molecular flexibility index (Phi) is 5.78. The number of rotatable bonds is 5. The molecule has 0 radical (unpaired) electrons. The van der Waals surface area contributed by atoms with Crippen LogP contribution in [0.3, 0.4) is 0 Å². The lowest BCUT2D eigenvalue weighted by Gasteiger charge is -2.12. The topological polar surface area (TPSA) is 51.2 Å². The molecule has 1 N–H and O–H groups in total. The summed E-state index contributed by atoms with van der Waals surface area (Å²) in [6.45, 7) is 2.69. The van der Waals surface area contributed by atoms with Crippen LogP contribution in [0.1, 0.15) is 27.2 Å². The molecule has 0 saturated carbocycles. The van der Waals surface area contributed by atoms with Gasteiger partial charge in [-0.15, -0.1) is 11.3 Å². The van der Waals surface area contributed by atoms with Gasteiger partial charge in [0.05, 0.1) is 29.9 Å². The molecule has 1 heterocycles. The maximum atomic E-state index is 11.9. The highest BCUT2D eigenvalue weighted by atomic mass is 79.9. The predicted molar refractivity (Wildman–Crippen MR) is 92.0 cm³/mol. The van der Waals surface area contributed by atoms with E-state index in [4.69, 9.17) is 4.74 Å². The van der Waals surface area contributed by atoms with Gasteiger partial charge in [-0.2, -0.15) is 0 Å². The van der Waals surface area contributed by atoms with Gasteiger partial charge in [-0.1, -0.05) is 22.9 Å².